The molecule has 0 aromatic heterocycles. The van der Waals surface area contributed by atoms with Crippen LogP contribution in [0.15, 0.2) is 36.4 Å². The summed E-state index contributed by atoms with van der Waals surface area (Å²) in [6.07, 6.45) is 0.864. The number of carbonyl (C=O) groups excluding carboxylic acids is 1. The minimum absolute atomic E-state index is 0. The van der Waals surface area contributed by atoms with Crippen molar-refractivity contribution in [3.8, 4) is 5.75 Å². The van der Waals surface area contributed by atoms with Gasteiger partial charge in [-0.05, 0) is 47.2 Å². The summed E-state index contributed by atoms with van der Waals surface area (Å²) in [6, 6.07) is 12.4. The maximum absolute atomic E-state index is 13.0. The summed E-state index contributed by atoms with van der Waals surface area (Å²) in [5, 5.41) is 2.24. The highest BCUT2D eigenvalue weighted by Crippen LogP contribution is 2.31. The first-order valence-electron chi connectivity index (χ1n) is 8.94. The molecule has 142 valence electrons. The number of rotatable bonds is 3. The van der Waals surface area contributed by atoms with E-state index >= 15 is 0 Å². The van der Waals surface area contributed by atoms with Crippen molar-refractivity contribution in [2.24, 2.45) is 11.1 Å². The Kier molecular flexibility index (Phi) is 6.20. The van der Waals surface area contributed by atoms with Gasteiger partial charge in [0.1, 0.15) is 5.75 Å². The monoisotopic (exact) mass is 376 g/mol. The Morgan fingerprint density at radius 3 is 2.54 bits per heavy atom. The van der Waals surface area contributed by atoms with Gasteiger partial charge < -0.3 is 15.4 Å². The number of likely N-dealkylation sites (tertiary alicyclic amines) is 1. The standard InChI is InChI=1S/C21H28N2O2.ClH/c1-14(20(24)23-10-9-19(22)21(2,3)13-23)15-5-6-17-12-18(25-4)8-7-16(17)11-15;/h5-8,11-12,14,19H,9-10,13,22H2,1-4H3;1H. The van der Waals surface area contributed by atoms with Crippen LogP contribution in [0.2, 0.25) is 0 Å². The molecule has 0 spiro atoms. The average Bonchev–Trinajstić information content (AvgIpc) is 2.61. The maximum atomic E-state index is 13.0. The van der Waals surface area contributed by atoms with Gasteiger partial charge in [0.15, 0.2) is 0 Å². The number of piperidine rings is 1. The molecule has 0 saturated carbocycles. The molecule has 0 aliphatic carbocycles. The Hall–Kier alpha value is -1.78. The molecule has 1 aliphatic rings. The third-order valence-corrected chi connectivity index (χ3v) is 5.57. The molecule has 1 saturated heterocycles. The highest BCUT2D eigenvalue weighted by atomic mass is 35.5. The molecule has 3 rings (SSSR count). The number of halogens is 1. The molecule has 1 fully saturated rings. The summed E-state index contributed by atoms with van der Waals surface area (Å²) in [7, 11) is 1.67. The fourth-order valence-corrected chi connectivity index (χ4v) is 3.62. The van der Waals surface area contributed by atoms with Crippen LogP contribution in [0.5, 0.6) is 5.75 Å². The Morgan fingerprint density at radius 2 is 1.88 bits per heavy atom. The van der Waals surface area contributed by atoms with Gasteiger partial charge in [-0.2, -0.15) is 0 Å². The topological polar surface area (TPSA) is 55.6 Å². The van der Waals surface area contributed by atoms with Crippen LogP contribution in [0.3, 0.4) is 0 Å². The quantitative estimate of drug-likeness (QED) is 0.882. The van der Waals surface area contributed by atoms with Gasteiger partial charge in [0.05, 0.1) is 13.0 Å². The van der Waals surface area contributed by atoms with E-state index in [9.17, 15) is 4.79 Å². The molecule has 4 nitrogen and oxygen atoms in total. The fraction of sp³-hybridized carbons (Fsp3) is 0.476. The number of amides is 1. The van der Waals surface area contributed by atoms with Crippen molar-refractivity contribution in [1.29, 1.82) is 0 Å². The van der Waals surface area contributed by atoms with Crippen molar-refractivity contribution in [3.05, 3.63) is 42.0 Å². The highest BCUT2D eigenvalue weighted by Gasteiger charge is 2.36. The average molecular weight is 377 g/mol. The van der Waals surface area contributed by atoms with E-state index in [0.29, 0.717) is 0 Å². The van der Waals surface area contributed by atoms with Crippen molar-refractivity contribution < 1.29 is 9.53 Å². The largest absolute Gasteiger partial charge is 0.497 e. The van der Waals surface area contributed by atoms with E-state index in [1.54, 1.807) is 7.11 Å². The van der Waals surface area contributed by atoms with Crippen LogP contribution < -0.4 is 10.5 Å². The minimum Gasteiger partial charge on any atom is -0.497 e. The molecule has 5 heteroatoms. The predicted molar refractivity (Wildman–Crippen MR) is 109 cm³/mol. The normalized spacial score (nSPS) is 20.3. The summed E-state index contributed by atoms with van der Waals surface area (Å²) in [5.74, 6) is 0.876. The molecule has 1 amide bonds. The van der Waals surface area contributed by atoms with Crippen molar-refractivity contribution >= 4 is 29.1 Å². The minimum atomic E-state index is -0.156. The van der Waals surface area contributed by atoms with Gasteiger partial charge >= 0.3 is 0 Å². The lowest BCUT2D eigenvalue weighted by Crippen LogP contribution is -2.54. The van der Waals surface area contributed by atoms with Gasteiger partial charge in [-0.1, -0.05) is 38.1 Å². The molecule has 26 heavy (non-hydrogen) atoms. The van der Waals surface area contributed by atoms with E-state index in [0.717, 1.165) is 41.6 Å². The lowest BCUT2D eigenvalue weighted by atomic mass is 9.79. The van der Waals surface area contributed by atoms with Crippen LogP contribution >= 0.6 is 12.4 Å². The van der Waals surface area contributed by atoms with E-state index < -0.39 is 0 Å². The fourth-order valence-electron chi connectivity index (χ4n) is 3.62. The van der Waals surface area contributed by atoms with Crippen molar-refractivity contribution in [2.75, 3.05) is 20.2 Å². The number of hydrogen-bond donors (Lipinski definition) is 1. The number of nitrogens with zero attached hydrogens (tertiary/aromatic N) is 1. The Morgan fingerprint density at radius 1 is 1.23 bits per heavy atom. The van der Waals surface area contributed by atoms with Gasteiger partial charge in [-0.3, -0.25) is 4.79 Å². The van der Waals surface area contributed by atoms with Crippen molar-refractivity contribution in [2.45, 2.75) is 39.2 Å². The second kappa shape index (κ2) is 7.85. The molecule has 0 radical (unpaired) electrons. The van der Waals surface area contributed by atoms with Crippen LogP contribution in [-0.2, 0) is 4.79 Å². The zero-order valence-corrected chi connectivity index (χ0v) is 16.8. The SMILES string of the molecule is COc1ccc2cc(C(C)C(=O)N3CCC(N)C(C)(C)C3)ccc2c1.Cl. The summed E-state index contributed by atoms with van der Waals surface area (Å²) in [6.45, 7) is 7.76. The van der Waals surface area contributed by atoms with Gasteiger partial charge in [0.2, 0.25) is 5.91 Å². The third kappa shape index (κ3) is 3.97. The molecule has 2 N–H and O–H groups in total. The Bertz CT molecular complexity index is 791. The van der Waals surface area contributed by atoms with E-state index in [2.05, 4.69) is 26.0 Å². The number of carbonyl (C=O) groups is 1. The summed E-state index contributed by atoms with van der Waals surface area (Å²) in [5.41, 5.74) is 7.22. The van der Waals surface area contributed by atoms with Crippen LogP contribution in [0.4, 0.5) is 0 Å². The van der Waals surface area contributed by atoms with E-state index in [-0.39, 0.29) is 35.7 Å². The predicted octanol–water partition coefficient (Wildman–Crippen LogP) is 3.96. The first kappa shape index (κ1) is 20.5. The Labute approximate surface area is 162 Å². The van der Waals surface area contributed by atoms with Crippen molar-refractivity contribution in [1.82, 2.24) is 4.90 Å². The van der Waals surface area contributed by atoms with E-state index in [4.69, 9.17) is 10.5 Å². The third-order valence-electron chi connectivity index (χ3n) is 5.57. The number of hydrogen-bond acceptors (Lipinski definition) is 3. The molecule has 1 heterocycles. The lowest BCUT2D eigenvalue weighted by Gasteiger charge is -2.43. The maximum Gasteiger partial charge on any atom is 0.229 e. The molecule has 2 unspecified atom stereocenters. The number of fused-ring (bicyclic) bond motifs is 1. The second-order valence-electron chi connectivity index (χ2n) is 7.84. The molecule has 0 bridgehead atoms. The van der Waals surface area contributed by atoms with E-state index in [1.807, 2.05) is 36.1 Å². The molecule has 2 aromatic rings. The molecule has 2 atom stereocenters. The Balaban J connectivity index is 0.00000243. The lowest BCUT2D eigenvalue weighted by molar-refractivity contribution is -0.135. The van der Waals surface area contributed by atoms with Crippen LogP contribution in [0.1, 0.15) is 38.7 Å². The zero-order chi connectivity index (χ0) is 18.2. The van der Waals surface area contributed by atoms with Crippen LogP contribution in [0, 0.1) is 5.41 Å². The van der Waals surface area contributed by atoms with Gasteiger partial charge in [-0.25, -0.2) is 0 Å². The van der Waals surface area contributed by atoms with E-state index in [1.165, 1.54) is 0 Å². The smallest absolute Gasteiger partial charge is 0.229 e. The highest BCUT2D eigenvalue weighted by molar-refractivity contribution is 5.88. The number of benzene rings is 2. The molecule has 1 aliphatic heterocycles. The number of methoxy groups -OCH3 is 1. The number of nitrogens with two attached hydrogens (primary N) is 1. The van der Waals surface area contributed by atoms with Gasteiger partial charge in [0, 0.05) is 19.1 Å². The first-order chi connectivity index (χ1) is 11.8. The molecular weight excluding hydrogens is 348 g/mol. The van der Waals surface area contributed by atoms with Crippen LogP contribution in [-0.4, -0.2) is 37.0 Å². The second-order valence-corrected chi connectivity index (χ2v) is 7.84. The number of ether oxygens (including phenoxy) is 1. The van der Waals surface area contributed by atoms with Gasteiger partial charge in [-0.15, -0.1) is 12.4 Å². The van der Waals surface area contributed by atoms with Crippen LogP contribution in [0.25, 0.3) is 10.8 Å². The zero-order valence-electron chi connectivity index (χ0n) is 16.0. The van der Waals surface area contributed by atoms with Crippen molar-refractivity contribution in [3.63, 3.8) is 0 Å². The molecule has 2 aromatic carbocycles. The summed E-state index contributed by atoms with van der Waals surface area (Å²) >= 11 is 0. The first-order valence-corrected chi connectivity index (χ1v) is 8.94. The molecular formula is C21H29ClN2O2. The summed E-state index contributed by atoms with van der Waals surface area (Å²) < 4.78 is 5.27. The summed E-state index contributed by atoms with van der Waals surface area (Å²) in [4.78, 5) is 15.0. The van der Waals surface area contributed by atoms with Gasteiger partial charge in [0.25, 0.3) is 0 Å².